The summed E-state index contributed by atoms with van der Waals surface area (Å²) in [5.74, 6) is 0. The number of halogens is 2. The molecule has 2 aromatic heterocycles. The Morgan fingerprint density at radius 3 is 1.46 bits per heavy atom. The third kappa shape index (κ3) is 18.6. The van der Waals surface area contributed by atoms with Gasteiger partial charge in [-0.3, -0.25) is 0 Å². The van der Waals surface area contributed by atoms with Crippen LogP contribution in [0.3, 0.4) is 0 Å². The van der Waals surface area contributed by atoms with Crippen LogP contribution in [-0.2, 0) is 13.6 Å². The van der Waals surface area contributed by atoms with Gasteiger partial charge in [0.15, 0.2) is 31.3 Å². The smallest absolute Gasteiger partial charge is 0.174 e. The van der Waals surface area contributed by atoms with Gasteiger partial charge in [-0.05, 0) is 0 Å². The predicted octanol–water partition coefficient (Wildman–Crippen LogP) is -8.67. The maximum atomic E-state index is 8.49. The number of rotatable bonds is 2. The highest BCUT2D eigenvalue weighted by Crippen LogP contribution is 1.93. The van der Waals surface area contributed by atoms with E-state index in [9.17, 15) is 0 Å². The molecular weight excluding hydrogens is 371 g/mol. The number of aromatic nitrogens is 2. The van der Waals surface area contributed by atoms with E-state index in [1.807, 2.05) is 29.8 Å². The third-order valence-corrected chi connectivity index (χ3v) is 2.19. The first-order valence-electron chi connectivity index (χ1n) is 5.96. The molecule has 12 heteroatoms. The van der Waals surface area contributed by atoms with Gasteiger partial charge < -0.3 is 0 Å². The van der Waals surface area contributed by atoms with Gasteiger partial charge in [0.2, 0.25) is 0 Å². The molecule has 24 heavy (non-hydrogen) atoms. The highest BCUT2D eigenvalue weighted by Gasteiger charge is 2.01. The first-order valence-corrected chi connectivity index (χ1v) is 8.43. The maximum Gasteiger partial charge on any atom is 0.174 e. The summed E-state index contributed by atoms with van der Waals surface area (Å²) < 4.78 is 72.1. The first kappa shape index (κ1) is 22.6. The Morgan fingerprint density at radius 2 is 1.08 bits per heavy atom. The second-order valence-corrected chi connectivity index (χ2v) is 5.69. The highest BCUT2D eigenvalue weighted by atomic mass is 35.7. The van der Waals surface area contributed by atoms with E-state index in [1.54, 1.807) is 0 Å². The quantitative estimate of drug-likeness (QED) is 0.455. The van der Waals surface area contributed by atoms with Crippen molar-refractivity contribution in [2.24, 2.45) is 7.05 Å². The van der Waals surface area contributed by atoms with Crippen molar-refractivity contribution in [2.75, 3.05) is 0 Å². The maximum absolute atomic E-state index is 8.49. The SMILES string of the molecule is C[n+]1ccc(C[n+]2ccccc2)cc1.[O-][Cl+3]([O-])([O-])[O-].[O-][Cl+3]([O-])([O-])[O-]. The minimum atomic E-state index is -4.94. The molecule has 0 spiro atoms. The molecule has 0 aliphatic rings. The van der Waals surface area contributed by atoms with Crippen LogP contribution in [0.1, 0.15) is 5.56 Å². The zero-order chi connectivity index (χ0) is 18.8. The summed E-state index contributed by atoms with van der Waals surface area (Å²) in [6.07, 6.45) is 8.29. The summed E-state index contributed by atoms with van der Waals surface area (Å²) in [5.41, 5.74) is 1.32. The van der Waals surface area contributed by atoms with Gasteiger partial charge in [0.05, 0.1) is 0 Å². The Bertz CT molecular complexity index is 548. The normalized spacial score (nSPS) is 10.9. The monoisotopic (exact) mass is 384 g/mol. The number of pyridine rings is 2. The summed E-state index contributed by atoms with van der Waals surface area (Å²) in [6.45, 7) is 0.932. The Balaban J connectivity index is 0.000000442. The minimum absolute atomic E-state index is 0.932. The molecule has 0 aromatic carbocycles. The van der Waals surface area contributed by atoms with E-state index < -0.39 is 20.5 Å². The average Bonchev–Trinajstić information content (AvgIpc) is 2.39. The summed E-state index contributed by atoms with van der Waals surface area (Å²) >= 11 is 0. The molecule has 2 heterocycles. The minimum Gasteiger partial charge on any atom is -0.222 e. The van der Waals surface area contributed by atoms with E-state index >= 15 is 0 Å². The molecule has 0 amide bonds. The van der Waals surface area contributed by atoms with Gasteiger partial charge in [0, 0.05) is 29.8 Å². The van der Waals surface area contributed by atoms with Gasteiger partial charge in [0.25, 0.3) is 0 Å². The van der Waals surface area contributed by atoms with E-state index in [4.69, 9.17) is 37.3 Å². The van der Waals surface area contributed by atoms with Crippen molar-refractivity contribution >= 4 is 0 Å². The largest absolute Gasteiger partial charge is 0.222 e. The van der Waals surface area contributed by atoms with Gasteiger partial charge >= 0.3 is 0 Å². The zero-order valence-corrected chi connectivity index (χ0v) is 13.8. The van der Waals surface area contributed by atoms with Crippen molar-refractivity contribution in [3.05, 3.63) is 60.7 Å². The summed E-state index contributed by atoms with van der Waals surface area (Å²) in [4.78, 5) is 0. The average molecular weight is 385 g/mol. The molecule has 0 radical (unpaired) electrons. The van der Waals surface area contributed by atoms with Crippen molar-refractivity contribution in [3.8, 4) is 0 Å². The molecule has 0 N–H and O–H groups in total. The van der Waals surface area contributed by atoms with Crippen molar-refractivity contribution in [1.82, 2.24) is 0 Å². The Hall–Kier alpha value is -1.44. The van der Waals surface area contributed by atoms with Crippen molar-refractivity contribution in [2.45, 2.75) is 6.54 Å². The van der Waals surface area contributed by atoms with E-state index in [-0.39, 0.29) is 0 Å². The van der Waals surface area contributed by atoms with Crippen LogP contribution in [0.2, 0.25) is 0 Å². The number of aryl methyl sites for hydroxylation is 1. The van der Waals surface area contributed by atoms with E-state index in [0.717, 1.165) is 6.54 Å². The molecule has 0 fully saturated rings. The number of hydrogen-bond donors (Lipinski definition) is 0. The van der Waals surface area contributed by atoms with E-state index in [0.29, 0.717) is 0 Å². The molecule has 0 bridgehead atoms. The molecule has 0 saturated carbocycles. The predicted molar refractivity (Wildman–Crippen MR) is 53.4 cm³/mol. The van der Waals surface area contributed by atoms with Gasteiger partial charge in [-0.2, -0.15) is 0 Å². The van der Waals surface area contributed by atoms with Crippen LogP contribution in [0.25, 0.3) is 0 Å². The van der Waals surface area contributed by atoms with Crippen LogP contribution in [0, 0.1) is 20.5 Å². The van der Waals surface area contributed by atoms with Crippen molar-refractivity contribution in [3.63, 3.8) is 0 Å². The molecule has 0 atom stereocenters. The number of hydrogen-bond acceptors (Lipinski definition) is 8. The molecule has 0 aliphatic heterocycles. The fourth-order valence-electron chi connectivity index (χ4n) is 1.39. The second kappa shape index (κ2) is 10.4. The molecule has 2 aromatic rings. The lowest BCUT2D eigenvalue weighted by Gasteiger charge is -2.17. The summed E-state index contributed by atoms with van der Waals surface area (Å²) in [7, 11) is -7.86. The molecular formula is C12H14Cl2N2O8. The van der Waals surface area contributed by atoms with Gasteiger partial charge in [-0.25, -0.2) is 46.4 Å². The number of nitrogens with zero attached hydrogens (tertiary/aromatic N) is 2. The van der Waals surface area contributed by atoms with Crippen LogP contribution in [0.4, 0.5) is 0 Å². The third-order valence-electron chi connectivity index (χ3n) is 2.19. The Labute approximate surface area is 141 Å². The summed E-state index contributed by atoms with van der Waals surface area (Å²) in [5, 5.41) is 0. The van der Waals surface area contributed by atoms with Crippen LogP contribution >= 0.6 is 0 Å². The Kier molecular flexibility index (Phi) is 9.80. The van der Waals surface area contributed by atoms with E-state index in [1.165, 1.54) is 5.56 Å². The lowest BCUT2D eigenvalue weighted by molar-refractivity contribution is -2.00. The van der Waals surface area contributed by atoms with Crippen LogP contribution in [0.15, 0.2) is 55.1 Å². The lowest BCUT2D eigenvalue weighted by Crippen LogP contribution is -2.68. The van der Waals surface area contributed by atoms with Crippen LogP contribution in [-0.4, -0.2) is 0 Å². The lowest BCUT2D eigenvalue weighted by atomic mass is 10.2. The first-order chi connectivity index (χ1) is 10.8. The molecule has 0 unspecified atom stereocenters. The van der Waals surface area contributed by atoms with Crippen molar-refractivity contribution < 1.29 is 66.9 Å². The van der Waals surface area contributed by atoms with Crippen molar-refractivity contribution in [1.29, 1.82) is 0 Å². The molecule has 2 rings (SSSR count). The summed E-state index contributed by atoms with van der Waals surface area (Å²) in [6, 6.07) is 10.4. The molecule has 0 aliphatic carbocycles. The van der Waals surface area contributed by atoms with Crippen LogP contribution in [0.5, 0.6) is 0 Å². The topological polar surface area (TPSA) is 192 Å². The molecule has 134 valence electrons. The Morgan fingerprint density at radius 1 is 0.708 bits per heavy atom. The van der Waals surface area contributed by atoms with E-state index in [2.05, 4.69) is 41.5 Å². The van der Waals surface area contributed by atoms with Gasteiger partial charge in [-0.15, -0.1) is 20.5 Å². The van der Waals surface area contributed by atoms with Gasteiger partial charge in [0.1, 0.15) is 7.05 Å². The standard InChI is InChI=1S/C12H14N2.2ClHO4/c1-13-9-5-12(6-10-13)11-14-7-3-2-4-8-14;2*2-1(3,4)5/h2-10H,11H2,1H3;2*(H,2,3,4,5)/q+2;;/p-2. The fraction of sp³-hybridized carbons (Fsp3) is 0.167. The zero-order valence-electron chi connectivity index (χ0n) is 12.3. The van der Waals surface area contributed by atoms with Gasteiger partial charge in [-0.1, -0.05) is 6.07 Å². The highest BCUT2D eigenvalue weighted by molar-refractivity contribution is 5.05. The fourth-order valence-corrected chi connectivity index (χ4v) is 1.39. The molecule has 10 nitrogen and oxygen atoms in total. The second-order valence-electron chi connectivity index (χ2n) is 4.18. The molecule has 0 saturated heterocycles. The van der Waals surface area contributed by atoms with Crippen LogP contribution < -0.4 is 46.4 Å².